The molecule has 5 nitrogen and oxygen atoms in total. The van der Waals surface area contributed by atoms with Gasteiger partial charge in [0.2, 0.25) is 5.91 Å². The molecule has 0 saturated heterocycles. The quantitative estimate of drug-likeness (QED) is 0.744. The molecular formula is C16H20F2N2O3. The number of hydrogen-bond donors (Lipinski definition) is 2. The first-order chi connectivity index (χ1) is 11.0. The molecule has 1 unspecified atom stereocenters. The van der Waals surface area contributed by atoms with E-state index in [4.69, 9.17) is 10.5 Å². The van der Waals surface area contributed by atoms with Gasteiger partial charge in [0.15, 0.2) is 0 Å². The number of fused-ring (bicyclic) bond motifs is 1. The normalized spacial score (nSPS) is 17.2. The zero-order valence-corrected chi connectivity index (χ0v) is 12.9. The van der Waals surface area contributed by atoms with Crippen LogP contribution in [0, 0.1) is 0 Å². The highest BCUT2D eigenvalue weighted by atomic mass is 19.3. The lowest BCUT2D eigenvalue weighted by Gasteiger charge is -2.16. The van der Waals surface area contributed by atoms with Crippen LogP contribution in [-0.4, -0.2) is 32.2 Å². The van der Waals surface area contributed by atoms with Crippen molar-refractivity contribution >= 4 is 5.91 Å². The van der Waals surface area contributed by atoms with Gasteiger partial charge in [0.05, 0.1) is 12.2 Å². The number of rotatable bonds is 7. The second kappa shape index (κ2) is 7.63. The monoisotopic (exact) mass is 326 g/mol. The number of nitrogens with one attached hydrogen (secondary N) is 1. The minimum atomic E-state index is -3.27. The minimum absolute atomic E-state index is 0.107. The molecule has 0 fully saturated rings. The number of alkyl halides is 2. The third kappa shape index (κ3) is 4.34. The average Bonchev–Trinajstić information content (AvgIpc) is 2.84. The molecule has 0 saturated carbocycles. The molecule has 7 heteroatoms. The van der Waals surface area contributed by atoms with E-state index in [2.05, 4.69) is 10.1 Å². The van der Waals surface area contributed by atoms with Gasteiger partial charge in [-0.2, -0.15) is 8.78 Å². The Kier molecular flexibility index (Phi) is 5.81. The van der Waals surface area contributed by atoms with E-state index in [0.717, 1.165) is 0 Å². The zero-order valence-electron chi connectivity index (χ0n) is 12.9. The summed E-state index contributed by atoms with van der Waals surface area (Å²) >= 11 is 0. The highest BCUT2D eigenvalue weighted by Crippen LogP contribution is 2.39. The largest absolute Gasteiger partial charge is 0.383 e. The molecule has 0 aliphatic carbocycles. The van der Waals surface area contributed by atoms with Gasteiger partial charge in [0, 0.05) is 26.6 Å². The van der Waals surface area contributed by atoms with Gasteiger partial charge >= 0.3 is 6.11 Å². The van der Waals surface area contributed by atoms with Gasteiger partial charge in [-0.1, -0.05) is 24.3 Å². The topological polar surface area (TPSA) is 73.6 Å². The first kappa shape index (κ1) is 17.5. The van der Waals surface area contributed by atoms with Crippen molar-refractivity contribution in [3.8, 4) is 0 Å². The van der Waals surface area contributed by atoms with Crippen LogP contribution < -0.4 is 11.1 Å². The second-order valence-electron chi connectivity index (χ2n) is 5.18. The maximum atomic E-state index is 13.6. The maximum absolute atomic E-state index is 13.6. The van der Waals surface area contributed by atoms with Gasteiger partial charge in [-0.25, -0.2) is 0 Å². The molecule has 2 rings (SSSR count). The van der Waals surface area contributed by atoms with E-state index >= 15 is 0 Å². The molecule has 0 spiro atoms. The molecule has 1 atom stereocenters. The smallest absolute Gasteiger partial charge is 0.371 e. The van der Waals surface area contributed by atoms with Crippen molar-refractivity contribution in [2.45, 2.75) is 25.2 Å². The van der Waals surface area contributed by atoms with Gasteiger partial charge in [0.25, 0.3) is 0 Å². The first-order valence-corrected chi connectivity index (χ1v) is 7.27. The van der Waals surface area contributed by atoms with Crippen LogP contribution in [0.25, 0.3) is 0 Å². The van der Waals surface area contributed by atoms with Crippen LogP contribution in [0.2, 0.25) is 0 Å². The lowest BCUT2D eigenvalue weighted by atomic mass is 10.0. The SMILES string of the molecule is COC(Cc1ccc2c(c1)C(F)(F)OC2)C(=O)NC/C=C/CN. The van der Waals surface area contributed by atoms with Crippen molar-refractivity contribution in [2.75, 3.05) is 20.2 Å². The Morgan fingerprint density at radius 1 is 1.52 bits per heavy atom. The number of ether oxygens (including phenoxy) is 2. The molecule has 1 aliphatic rings. The molecule has 1 aromatic carbocycles. The van der Waals surface area contributed by atoms with Crippen LogP contribution in [0.5, 0.6) is 0 Å². The van der Waals surface area contributed by atoms with Gasteiger partial charge < -0.3 is 20.5 Å². The summed E-state index contributed by atoms with van der Waals surface area (Å²) in [5.74, 6) is -0.308. The number of halogens is 2. The van der Waals surface area contributed by atoms with Gasteiger partial charge in [-0.3, -0.25) is 4.79 Å². The number of carbonyl (C=O) groups excluding carboxylic acids is 1. The average molecular weight is 326 g/mol. The third-order valence-corrected chi connectivity index (χ3v) is 3.59. The number of benzene rings is 1. The van der Waals surface area contributed by atoms with E-state index < -0.39 is 12.2 Å². The van der Waals surface area contributed by atoms with Crippen LogP contribution in [-0.2, 0) is 33.4 Å². The van der Waals surface area contributed by atoms with Crippen molar-refractivity contribution in [1.82, 2.24) is 5.32 Å². The molecule has 0 aromatic heterocycles. The van der Waals surface area contributed by atoms with Crippen LogP contribution in [0.1, 0.15) is 16.7 Å². The Morgan fingerprint density at radius 3 is 3.00 bits per heavy atom. The predicted molar refractivity (Wildman–Crippen MR) is 80.8 cm³/mol. The number of carbonyl (C=O) groups is 1. The van der Waals surface area contributed by atoms with Crippen LogP contribution in [0.4, 0.5) is 8.78 Å². The standard InChI is InChI=1S/C16H20F2N2O3/c1-22-14(15(21)20-7-3-2-6-19)9-11-4-5-12-10-23-16(17,18)13(12)8-11/h2-5,8,14H,6-7,9-10,19H2,1H3,(H,20,21)/b3-2+. The highest BCUT2D eigenvalue weighted by molar-refractivity contribution is 5.81. The second-order valence-corrected chi connectivity index (χ2v) is 5.18. The van der Waals surface area contributed by atoms with Gasteiger partial charge in [-0.15, -0.1) is 0 Å². The Morgan fingerprint density at radius 2 is 2.30 bits per heavy atom. The van der Waals surface area contributed by atoms with E-state index in [-0.39, 0.29) is 24.5 Å². The van der Waals surface area contributed by atoms with Crippen LogP contribution >= 0.6 is 0 Å². The lowest BCUT2D eigenvalue weighted by molar-refractivity contribution is -0.239. The fourth-order valence-electron chi connectivity index (χ4n) is 2.34. The molecule has 1 aromatic rings. The molecule has 0 bridgehead atoms. The van der Waals surface area contributed by atoms with Crippen molar-refractivity contribution in [3.63, 3.8) is 0 Å². The molecule has 1 amide bonds. The van der Waals surface area contributed by atoms with Gasteiger partial charge in [-0.05, 0) is 17.2 Å². The van der Waals surface area contributed by atoms with Crippen molar-refractivity contribution in [1.29, 1.82) is 0 Å². The maximum Gasteiger partial charge on any atom is 0.383 e. The molecule has 3 N–H and O–H groups in total. The number of methoxy groups -OCH3 is 1. The summed E-state index contributed by atoms with van der Waals surface area (Å²) in [5, 5.41) is 2.68. The van der Waals surface area contributed by atoms with Crippen LogP contribution in [0.3, 0.4) is 0 Å². The molecular weight excluding hydrogens is 306 g/mol. The van der Waals surface area contributed by atoms with Crippen molar-refractivity contribution in [2.24, 2.45) is 5.73 Å². The van der Waals surface area contributed by atoms with E-state index in [9.17, 15) is 13.6 Å². The summed E-state index contributed by atoms with van der Waals surface area (Å²) in [4.78, 5) is 12.0. The fraction of sp³-hybridized carbons (Fsp3) is 0.438. The molecule has 1 aliphatic heterocycles. The fourth-order valence-corrected chi connectivity index (χ4v) is 2.34. The first-order valence-electron chi connectivity index (χ1n) is 7.27. The van der Waals surface area contributed by atoms with Crippen molar-refractivity contribution in [3.05, 3.63) is 47.0 Å². The summed E-state index contributed by atoms with van der Waals surface area (Å²) in [7, 11) is 1.41. The summed E-state index contributed by atoms with van der Waals surface area (Å²) in [6.07, 6.45) is -0.367. The predicted octanol–water partition coefficient (Wildman–Crippen LogP) is 1.45. The summed E-state index contributed by atoms with van der Waals surface area (Å²) in [6.45, 7) is 0.630. The molecule has 126 valence electrons. The van der Waals surface area contributed by atoms with Crippen LogP contribution in [0.15, 0.2) is 30.4 Å². The minimum Gasteiger partial charge on any atom is -0.371 e. The third-order valence-electron chi connectivity index (χ3n) is 3.59. The Balaban J connectivity index is 2.02. The number of amides is 1. The van der Waals surface area contributed by atoms with Gasteiger partial charge in [0.1, 0.15) is 6.10 Å². The Labute approximate surface area is 133 Å². The number of hydrogen-bond acceptors (Lipinski definition) is 4. The Bertz CT molecular complexity index is 591. The van der Waals surface area contributed by atoms with E-state index in [1.807, 2.05) is 0 Å². The number of nitrogens with two attached hydrogens (primary N) is 1. The summed E-state index contributed by atoms with van der Waals surface area (Å²) in [5.41, 5.74) is 6.22. The van der Waals surface area contributed by atoms with E-state index in [1.54, 1.807) is 24.3 Å². The van der Waals surface area contributed by atoms with E-state index in [1.165, 1.54) is 13.2 Å². The van der Waals surface area contributed by atoms with Crippen molar-refractivity contribution < 1.29 is 23.0 Å². The summed E-state index contributed by atoms with van der Waals surface area (Å²) in [6, 6.07) is 4.67. The molecule has 1 heterocycles. The molecule has 23 heavy (non-hydrogen) atoms. The lowest BCUT2D eigenvalue weighted by Crippen LogP contribution is -2.37. The van der Waals surface area contributed by atoms with E-state index in [0.29, 0.717) is 24.2 Å². The summed E-state index contributed by atoms with van der Waals surface area (Å²) < 4.78 is 36.8. The highest BCUT2D eigenvalue weighted by Gasteiger charge is 2.41. The molecule has 0 radical (unpaired) electrons. The zero-order chi connectivity index (χ0) is 16.9. The Hall–Kier alpha value is -1.83.